The van der Waals surface area contributed by atoms with E-state index in [1.54, 1.807) is 11.8 Å². The van der Waals surface area contributed by atoms with Crippen LogP contribution in [0.1, 0.15) is 0 Å². The lowest BCUT2D eigenvalue weighted by molar-refractivity contribution is -0.105. The first kappa shape index (κ1) is 20.5. The molecule has 1 aliphatic rings. The number of amides is 1. The Morgan fingerprint density at radius 3 is 2.59 bits per heavy atom. The number of ether oxygens (including phenoxy) is 1. The number of hydrogen-bond donors (Lipinski definition) is 1. The van der Waals surface area contributed by atoms with Crippen LogP contribution in [-0.4, -0.2) is 53.5 Å². The van der Waals surface area contributed by atoms with Gasteiger partial charge in [-0.15, -0.1) is 11.8 Å². The lowest BCUT2D eigenvalue weighted by Gasteiger charge is -2.27. The topological polar surface area (TPSA) is 72.3 Å². The van der Waals surface area contributed by atoms with Crippen LogP contribution in [-0.2, 0) is 9.53 Å². The number of nitrogens with one attached hydrogen (secondary N) is 1. The normalized spacial score (nSPS) is 14.0. The molecule has 1 aliphatic heterocycles. The molecule has 1 saturated heterocycles. The second kappa shape index (κ2) is 9.02. The molecule has 0 unspecified atom stereocenters. The van der Waals surface area contributed by atoms with Crippen molar-refractivity contribution in [2.75, 3.05) is 42.8 Å². The third-order valence-corrected chi connectivity index (χ3v) is 6.29. The highest BCUT2D eigenvalue weighted by atomic mass is 32.2. The van der Waals surface area contributed by atoms with E-state index >= 15 is 0 Å². The lowest BCUT2D eigenvalue weighted by atomic mass is 10.2. The van der Waals surface area contributed by atoms with Crippen molar-refractivity contribution in [3.05, 3.63) is 60.7 Å². The zero-order chi connectivity index (χ0) is 21.9. The summed E-state index contributed by atoms with van der Waals surface area (Å²) >= 11 is 1.58. The molecule has 3 heterocycles. The highest BCUT2D eigenvalue weighted by molar-refractivity contribution is 7.98. The van der Waals surface area contributed by atoms with Gasteiger partial charge in [0.1, 0.15) is 17.2 Å². The second-order valence-electron chi connectivity index (χ2n) is 7.40. The van der Waals surface area contributed by atoms with Crippen molar-refractivity contribution in [3.8, 4) is 17.1 Å². The van der Waals surface area contributed by atoms with E-state index in [1.165, 1.54) is 0 Å². The van der Waals surface area contributed by atoms with E-state index in [9.17, 15) is 4.79 Å². The van der Waals surface area contributed by atoms with E-state index in [0.29, 0.717) is 19.6 Å². The maximum Gasteiger partial charge on any atom is 0.211 e. The zero-order valence-electron chi connectivity index (χ0n) is 17.7. The van der Waals surface area contributed by atoms with Crippen molar-refractivity contribution in [1.29, 1.82) is 0 Å². The minimum Gasteiger partial charge on any atom is -0.378 e. The molecule has 4 aromatic rings. The molecule has 0 radical (unpaired) electrons. The molecule has 0 aliphatic carbocycles. The summed E-state index contributed by atoms with van der Waals surface area (Å²) in [6.07, 6.45) is 2.70. The minimum absolute atomic E-state index is 0.701. The highest BCUT2D eigenvalue weighted by Gasteiger charge is 2.19. The van der Waals surface area contributed by atoms with Crippen LogP contribution in [0.2, 0.25) is 0 Å². The number of nitrogens with zero attached hydrogens (tertiary/aromatic N) is 4. The molecular formula is C24H23N5O2S. The number of thioether (sulfide) groups is 1. The molecule has 7 nitrogen and oxygen atoms in total. The van der Waals surface area contributed by atoms with E-state index < -0.39 is 0 Å². The summed E-state index contributed by atoms with van der Waals surface area (Å²) in [5.41, 5.74) is 4.37. The van der Waals surface area contributed by atoms with Crippen molar-refractivity contribution in [2.24, 2.45) is 0 Å². The first-order valence-electron chi connectivity index (χ1n) is 10.4. The van der Waals surface area contributed by atoms with Crippen molar-refractivity contribution in [2.45, 2.75) is 4.90 Å². The van der Waals surface area contributed by atoms with Gasteiger partial charge in [0.05, 0.1) is 24.6 Å². The SMILES string of the molecule is CSc1cc(-n2c(-c3ccccc3)nc3ccc(N4CCOCC4)nc32)ccc1NC=O. The average molecular weight is 446 g/mol. The van der Waals surface area contributed by atoms with Crippen LogP contribution in [0.5, 0.6) is 0 Å². The fourth-order valence-electron chi connectivity index (χ4n) is 3.94. The van der Waals surface area contributed by atoms with Gasteiger partial charge >= 0.3 is 0 Å². The Morgan fingerprint density at radius 1 is 1.03 bits per heavy atom. The van der Waals surface area contributed by atoms with Gasteiger partial charge in [0.25, 0.3) is 0 Å². The third-order valence-electron chi connectivity index (χ3n) is 5.51. The smallest absolute Gasteiger partial charge is 0.211 e. The average Bonchev–Trinajstić information content (AvgIpc) is 3.24. The molecule has 8 heteroatoms. The van der Waals surface area contributed by atoms with Crippen molar-refractivity contribution in [3.63, 3.8) is 0 Å². The van der Waals surface area contributed by atoms with E-state index in [1.807, 2.05) is 48.7 Å². The van der Waals surface area contributed by atoms with E-state index in [4.69, 9.17) is 14.7 Å². The maximum atomic E-state index is 11.0. The molecule has 0 saturated carbocycles. The number of carbonyl (C=O) groups excluding carboxylic acids is 1. The summed E-state index contributed by atoms with van der Waals surface area (Å²) in [6, 6.07) is 20.2. The fraction of sp³-hybridized carbons (Fsp3) is 0.208. The van der Waals surface area contributed by atoms with Crippen LogP contribution in [0.25, 0.3) is 28.2 Å². The van der Waals surface area contributed by atoms with Gasteiger partial charge in [0, 0.05) is 23.5 Å². The Balaban J connectivity index is 1.71. The first-order chi connectivity index (χ1) is 15.8. The van der Waals surface area contributed by atoms with Gasteiger partial charge in [-0.25, -0.2) is 9.97 Å². The quantitative estimate of drug-likeness (QED) is 0.354. The van der Waals surface area contributed by atoms with Crippen LogP contribution >= 0.6 is 11.8 Å². The minimum atomic E-state index is 0.701. The Hall–Kier alpha value is -3.36. The zero-order valence-corrected chi connectivity index (χ0v) is 18.5. The second-order valence-corrected chi connectivity index (χ2v) is 8.24. The van der Waals surface area contributed by atoms with Gasteiger partial charge in [-0.3, -0.25) is 9.36 Å². The van der Waals surface area contributed by atoms with E-state index in [2.05, 4.69) is 33.0 Å². The molecule has 162 valence electrons. The predicted molar refractivity (Wildman–Crippen MR) is 129 cm³/mol. The van der Waals surface area contributed by atoms with Crippen LogP contribution < -0.4 is 10.2 Å². The number of pyridine rings is 1. The van der Waals surface area contributed by atoms with Crippen LogP contribution in [0, 0.1) is 0 Å². The summed E-state index contributed by atoms with van der Waals surface area (Å²) in [5, 5.41) is 2.77. The van der Waals surface area contributed by atoms with Crippen molar-refractivity contribution in [1.82, 2.24) is 14.5 Å². The summed E-state index contributed by atoms with van der Waals surface area (Å²) < 4.78 is 7.60. The summed E-state index contributed by atoms with van der Waals surface area (Å²) in [7, 11) is 0. The molecule has 32 heavy (non-hydrogen) atoms. The number of anilines is 2. The number of rotatable bonds is 6. The number of hydrogen-bond acceptors (Lipinski definition) is 6. The molecule has 2 aromatic carbocycles. The molecule has 0 bridgehead atoms. The van der Waals surface area contributed by atoms with Crippen LogP contribution in [0.15, 0.2) is 65.6 Å². The first-order valence-corrected chi connectivity index (χ1v) is 11.7. The van der Waals surface area contributed by atoms with Gasteiger partial charge in [-0.05, 0) is 36.6 Å². The fourth-order valence-corrected chi connectivity index (χ4v) is 4.53. The van der Waals surface area contributed by atoms with Crippen molar-refractivity contribution < 1.29 is 9.53 Å². The van der Waals surface area contributed by atoms with Gasteiger partial charge in [0.2, 0.25) is 6.41 Å². The molecule has 0 atom stereocenters. The Bertz CT molecular complexity index is 1250. The van der Waals surface area contributed by atoms with Gasteiger partial charge in [-0.1, -0.05) is 30.3 Å². The number of carbonyl (C=O) groups is 1. The summed E-state index contributed by atoms with van der Waals surface area (Å²) in [4.78, 5) is 24.2. The molecular weight excluding hydrogens is 422 g/mol. The lowest BCUT2D eigenvalue weighted by Crippen LogP contribution is -2.36. The van der Waals surface area contributed by atoms with Gasteiger partial charge in [-0.2, -0.15) is 0 Å². The monoisotopic (exact) mass is 445 g/mol. The molecule has 1 N–H and O–H groups in total. The molecule has 2 aromatic heterocycles. The highest BCUT2D eigenvalue weighted by Crippen LogP contribution is 2.33. The number of benzene rings is 2. The van der Waals surface area contributed by atoms with Crippen LogP contribution in [0.4, 0.5) is 11.5 Å². The van der Waals surface area contributed by atoms with Crippen molar-refractivity contribution >= 4 is 40.8 Å². The Morgan fingerprint density at radius 2 is 1.84 bits per heavy atom. The predicted octanol–water partition coefficient (Wildman–Crippen LogP) is 4.21. The molecule has 1 amide bonds. The third kappa shape index (κ3) is 3.83. The summed E-state index contributed by atoms with van der Waals surface area (Å²) in [6.45, 7) is 3.05. The largest absolute Gasteiger partial charge is 0.378 e. The molecule has 0 spiro atoms. The number of fused-ring (bicyclic) bond motifs is 1. The standard InChI is InChI=1S/C24H23N5O2S/c1-32-21-15-18(7-8-19(21)25-16-30)29-23(17-5-3-2-4-6-17)26-20-9-10-22(27-24(20)29)28-11-13-31-14-12-28/h2-10,15-16H,11-14H2,1H3,(H,25,30). The number of imidazole rings is 1. The molecule has 5 rings (SSSR count). The van der Waals surface area contributed by atoms with Gasteiger partial charge < -0.3 is 15.0 Å². The number of aromatic nitrogens is 3. The number of morpholine rings is 1. The Kier molecular flexibility index (Phi) is 5.79. The maximum absolute atomic E-state index is 11.0. The molecule has 1 fully saturated rings. The summed E-state index contributed by atoms with van der Waals surface area (Å²) in [5.74, 6) is 1.75. The van der Waals surface area contributed by atoms with Gasteiger partial charge in [0.15, 0.2) is 5.65 Å². The van der Waals surface area contributed by atoms with E-state index in [-0.39, 0.29) is 0 Å². The van der Waals surface area contributed by atoms with E-state index in [0.717, 1.165) is 57.7 Å². The van der Waals surface area contributed by atoms with Crippen LogP contribution in [0.3, 0.4) is 0 Å². The Labute approximate surface area is 190 Å².